The Morgan fingerprint density at radius 3 is 0.938 bits per heavy atom. The Bertz CT molecular complexity index is 173. The van der Waals surface area contributed by atoms with Gasteiger partial charge in [0.2, 0.25) is 0 Å². The molecular formula is C12H32O3S. The fourth-order valence-electron chi connectivity index (χ4n) is 0. The summed E-state index contributed by atoms with van der Waals surface area (Å²) < 4.78 is 23.5. The maximum absolute atomic E-state index is 9.63. The highest BCUT2D eigenvalue weighted by atomic mass is 32.2. The van der Waals surface area contributed by atoms with Gasteiger partial charge in [0.05, 0.1) is 0 Å². The first-order valence-corrected chi connectivity index (χ1v) is 7.68. The maximum atomic E-state index is 9.63. The summed E-state index contributed by atoms with van der Waals surface area (Å²) in [5.41, 5.74) is 0.500. The van der Waals surface area contributed by atoms with Crippen LogP contribution < -0.4 is 0 Å². The average Bonchev–Trinajstić information content (AvgIpc) is 1.79. The third kappa shape index (κ3) is 286000. The molecule has 16 heavy (non-hydrogen) atoms. The number of rotatable bonds is 0. The second-order valence-corrected chi connectivity index (χ2v) is 7.54. The van der Waals surface area contributed by atoms with E-state index in [4.69, 9.17) is 0 Å². The second kappa shape index (κ2) is 14.9. The topological polar surface area (TPSA) is 43.4 Å². The molecule has 0 amide bonds. The lowest BCUT2D eigenvalue weighted by Crippen LogP contribution is -1.93. The zero-order valence-corrected chi connectivity index (χ0v) is 13.7. The van der Waals surface area contributed by atoms with E-state index < -0.39 is 9.84 Å². The highest BCUT2D eigenvalue weighted by Gasteiger charge is 1.95. The summed E-state index contributed by atoms with van der Waals surface area (Å²) in [5.74, 6) is 0. The zero-order chi connectivity index (χ0) is 14.4. The summed E-state index contributed by atoms with van der Waals surface area (Å²) in [6.07, 6.45) is 3.57. The fourth-order valence-corrected chi connectivity index (χ4v) is 0. The van der Waals surface area contributed by atoms with Crippen molar-refractivity contribution in [2.75, 3.05) is 26.7 Å². The van der Waals surface area contributed by atoms with Gasteiger partial charge in [-0.1, -0.05) is 48.0 Å². The Balaban J connectivity index is -0.0000000621. The number of hydrogen-bond donors (Lipinski definition) is 0. The van der Waals surface area contributed by atoms with E-state index in [1.54, 1.807) is 14.2 Å². The Hall–Kier alpha value is -0.0900. The van der Waals surface area contributed by atoms with Crippen LogP contribution in [0.4, 0.5) is 0 Å². The van der Waals surface area contributed by atoms with Gasteiger partial charge in [0.25, 0.3) is 0 Å². The molecule has 0 aromatic carbocycles. The highest BCUT2D eigenvalue weighted by molar-refractivity contribution is 7.89. The average molecular weight is 256 g/mol. The van der Waals surface area contributed by atoms with Gasteiger partial charge in [-0.2, -0.15) is 0 Å². The lowest BCUT2D eigenvalue weighted by molar-refractivity contribution is 0.277. The first-order chi connectivity index (χ1) is 6.83. The summed E-state index contributed by atoms with van der Waals surface area (Å²) >= 11 is 0. The van der Waals surface area contributed by atoms with Gasteiger partial charge < -0.3 is 4.74 Å². The molecule has 0 aromatic rings. The van der Waals surface area contributed by atoms with Crippen LogP contribution in [0.1, 0.15) is 48.0 Å². The molecule has 0 rings (SSSR count). The third-order valence-electron chi connectivity index (χ3n) is 0. The van der Waals surface area contributed by atoms with E-state index in [0.717, 1.165) is 12.5 Å². The minimum Gasteiger partial charge on any atom is -0.388 e. The molecule has 0 aliphatic carbocycles. The van der Waals surface area contributed by atoms with Crippen LogP contribution in [0.2, 0.25) is 0 Å². The van der Waals surface area contributed by atoms with Gasteiger partial charge in [0.1, 0.15) is 9.84 Å². The Morgan fingerprint density at radius 2 is 0.938 bits per heavy atom. The van der Waals surface area contributed by atoms with Crippen LogP contribution in [-0.2, 0) is 14.6 Å². The highest BCUT2D eigenvalue weighted by Crippen LogP contribution is 2.07. The van der Waals surface area contributed by atoms with Gasteiger partial charge in [-0.3, -0.25) is 0 Å². The molecule has 0 saturated carbocycles. The number of ether oxygens (including phenoxy) is 1. The third-order valence-corrected chi connectivity index (χ3v) is 0. The van der Waals surface area contributed by atoms with Gasteiger partial charge in [0, 0.05) is 26.7 Å². The van der Waals surface area contributed by atoms with Crippen molar-refractivity contribution in [3.8, 4) is 0 Å². The van der Waals surface area contributed by atoms with Crippen molar-refractivity contribution < 1.29 is 13.2 Å². The van der Waals surface area contributed by atoms with Crippen LogP contribution in [0.5, 0.6) is 0 Å². The van der Waals surface area contributed by atoms with Crippen molar-refractivity contribution in [2.45, 2.75) is 48.0 Å². The molecule has 0 unspecified atom stereocenters. The summed E-state index contributed by atoms with van der Waals surface area (Å²) in [6.45, 7) is 13.0. The molecule has 104 valence electrons. The van der Waals surface area contributed by atoms with Gasteiger partial charge >= 0.3 is 0 Å². The van der Waals surface area contributed by atoms with Crippen molar-refractivity contribution in [3.63, 3.8) is 0 Å². The van der Waals surface area contributed by atoms with Gasteiger partial charge in [0.15, 0.2) is 0 Å². The molecule has 0 saturated heterocycles. The van der Waals surface area contributed by atoms with Crippen molar-refractivity contribution in [3.05, 3.63) is 0 Å². The molecule has 0 heterocycles. The zero-order valence-electron chi connectivity index (χ0n) is 12.8. The lowest BCUT2D eigenvalue weighted by Gasteiger charge is -2.05. The predicted molar refractivity (Wildman–Crippen MR) is 74.8 cm³/mol. The summed E-state index contributed by atoms with van der Waals surface area (Å²) in [5, 5.41) is 0. The van der Waals surface area contributed by atoms with Gasteiger partial charge in [-0.25, -0.2) is 8.42 Å². The van der Waals surface area contributed by atoms with E-state index in [1.807, 2.05) is 0 Å². The van der Waals surface area contributed by atoms with Crippen LogP contribution in [0.15, 0.2) is 0 Å². The molecule has 0 atom stereocenters. The van der Waals surface area contributed by atoms with E-state index in [1.165, 1.54) is 6.42 Å². The minimum absolute atomic E-state index is 0.500. The Kier molecular flexibility index (Phi) is 23.2. The van der Waals surface area contributed by atoms with Crippen molar-refractivity contribution in [1.82, 2.24) is 0 Å². The largest absolute Gasteiger partial charge is 0.388 e. The molecule has 0 aromatic heterocycles. The fraction of sp³-hybridized carbons (Fsp3) is 1.00. The molecule has 0 bridgehead atoms. The summed E-state index contributed by atoms with van der Waals surface area (Å²) in [7, 11) is 0.583. The lowest BCUT2D eigenvalue weighted by atomic mass is 10.0. The van der Waals surface area contributed by atoms with Crippen LogP contribution in [0.25, 0.3) is 0 Å². The summed E-state index contributed by atoms with van der Waals surface area (Å²) in [4.78, 5) is 0. The van der Waals surface area contributed by atoms with E-state index in [2.05, 4.69) is 46.3 Å². The molecular weight excluding hydrogens is 224 g/mol. The minimum atomic E-state index is -2.67. The smallest absolute Gasteiger partial charge is 0.144 e. The molecule has 0 spiro atoms. The monoisotopic (exact) mass is 256 g/mol. The Labute approximate surface area is 104 Å². The van der Waals surface area contributed by atoms with E-state index in [9.17, 15) is 8.42 Å². The molecule has 3 nitrogen and oxygen atoms in total. The maximum Gasteiger partial charge on any atom is 0.144 e. The number of sulfone groups is 1. The van der Waals surface area contributed by atoms with Crippen molar-refractivity contribution in [2.24, 2.45) is 5.41 Å². The SMILES string of the molecule is CC(C)(C)C.CCC.COC.CS(C)(=O)=O. The first kappa shape index (κ1) is 24.9. The first-order valence-electron chi connectivity index (χ1n) is 5.38. The van der Waals surface area contributed by atoms with Gasteiger partial charge in [-0.05, 0) is 5.41 Å². The van der Waals surface area contributed by atoms with Crippen LogP contribution in [-0.4, -0.2) is 35.1 Å². The molecule has 4 heteroatoms. The van der Waals surface area contributed by atoms with Crippen molar-refractivity contribution in [1.29, 1.82) is 0 Å². The molecule has 0 aliphatic rings. The summed E-state index contributed by atoms with van der Waals surface area (Å²) in [6, 6.07) is 0. The van der Waals surface area contributed by atoms with Crippen molar-refractivity contribution >= 4 is 9.84 Å². The quantitative estimate of drug-likeness (QED) is 0.667. The second-order valence-electron chi connectivity index (χ2n) is 5.26. The van der Waals surface area contributed by atoms with E-state index in [-0.39, 0.29) is 0 Å². The molecule has 0 N–H and O–H groups in total. The standard InChI is InChI=1S/C5H12.C3H8.C2H6O2S.C2H6O/c1-5(2,3)4;1-3-2;1-5(2,3)4;1-3-2/h1-4H3;3H2,1-2H3;1-2H3;1-2H3. The predicted octanol–water partition coefficient (Wildman–Crippen LogP) is 3.39. The normalized spacial score (nSPS) is 9.62. The van der Waals surface area contributed by atoms with E-state index in [0.29, 0.717) is 5.41 Å². The van der Waals surface area contributed by atoms with E-state index >= 15 is 0 Å². The number of methoxy groups -OCH3 is 1. The molecule has 0 aliphatic heterocycles. The number of hydrogen-bond acceptors (Lipinski definition) is 3. The van der Waals surface area contributed by atoms with Crippen LogP contribution >= 0.6 is 0 Å². The molecule has 0 fully saturated rings. The Morgan fingerprint density at radius 1 is 0.938 bits per heavy atom. The van der Waals surface area contributed by atoms with Crippen LogP contribution in [0, 0.1) is 5.41 Å². The van der Waals surface area contributed by atoms with Gasteiger partial charge in [-0.15, -0.1) is 0 Å². The molecule has 0 radical (unpaired) electrons. The van der Waals surface area contributed by atoms with Crippen LogP contribution in [0.3, 0.4) is 0 Å².